The summed E-state index contributed by atoms with van der Waals surface area (Å²) in [5.41, 5.74) is 1.51. The normalized spacial score (nSPS) is 13.0. The van der Waals surface area contributed by atoms with E-state index in [4.69, 9.17) is 0 Å². The molecule has 0 aliphatic heterocycles. The van der Waals surface area contributed by atoms with E-state index in [0.717, 1.165) is 0 Å². The molecule has 0 aromatic heterocycles. The summed E-state index contributed by atoms with van der Waals surface area (Å²) >= 11 is 0. The Morgan fingerprint density at radius 3 is 1.67 bits per heavy atom. The highest BCUT2D eigenvalue weighted by molar-refractivity contribution is 6.98. The molecule has 0 radical (unpaired) electrons. The van der Waals surface area contributed by atoms with Crippen LogP contribution in [0, 0.1) is 6.92 Å². The van der Waals surface area contributed by atoms with Crippen LogP contribution >= 0.6 is 0 Å². The third-order valence-electron chi connectivity index (χ3n) is 2.83. The predicted molar refractivity (Wildman–Crippen MR) is 77.1 cm³/mol. The Kier molecular flexibility index (Phi) is 3.31. The van der Waals surface area contributed by atoms with Crippen LogP contribution in [0.4, 0.5) is 0 Å². The van der Waals surface area contributed by atoms with Crippen LogP contribution in [-0.4, -0.2) is 16.1 Å². The van der Waals surface area contributed by atoms with Gasteiger partial charge in [-0.25, -0.2) is 0 Å². The van der Waals surface area contributed by atoms with Crippen molar-refractivity contribution in [1.82, 2.24) is 0 Å². The number of benzene rings is 1. The summed E-state index contributed by atoms with van der Waals surface area (Å²) in [6.07, 6.45) is 0. The Bertz CT molecular complexity index is 354. The maximum atomic E-state index is 2.46. The lowest BCUT2D eigenvalue weighted by atomic mass is 10.2. The summed E-state index contributed by atoms with van der Waals surface area (Å²) in [5, 5.41) is 3.39. The molecule has 0 unspecified atom stereocenters. The Morgan fingerprint density at radius 2 is 1.33 bits per heavy atom. The molecule has 0 amide bonds. The van der Waals surface area contributed by atoms with Crippen LogP contribution in [0.1, 0.15) is 5.56 Å². The summed E-state index contributed by atoms with van der Waals surface area (Å²) < 4.78 is 0. The third kappa shape index (κ3) is 2.82. The molecule has 1 aromatic rings. The van der Waals surface area contributed by atoms with E-state index in [0.29, 0.717) is 0 Å². The average Bonchev–Trinajstić information content (AvgIpc) is 1.99. The van der Waals surface area contributed by atoms with Crippen LogP contribution in [0.2, 0.25) is 39.3 Å². The highest BCUT2D eigenvalue weighted by Crippen LogP contribution is 2.09. The number of hydrogen-bond donors (Lipinski definition) is 0. The molecule has 0 aliphatic rings. The Balaban J connectivity index is 3.48. The molecular weight excluding hydrogens is 212 g/mol. The van der Waals surface area contributed by atoms with E-state index in [2.05, 4.69) is 64.4 Å². The lowest BCUT2D eigenvalue weighted by Gasteiger charge is -2.29. The van der Waals surface area contributed by atoms with E-state index >= 15 is 0 Å². The van der Waals surface area contributed by atoms with E-state index in [1.165, 1.54) is 5.56 Å². The molecule has 0 aliphatic carbocycles. The minimum Gasteiger partial charge on any atom is -0.0656 e. The van der Waals surface area contributed by atoms with Gasteiger partial charge in [0.25, 0.3) is 0 Å². The molecule has 1 rings (SSSR count). The van der Waals surface area contributed by atoms with Gasteiger partial charge in [0.05, 0.1) is 16.1 Å². The number of aryl methyl sites for hydroxylation is 1. The van der Waals surface area contributed by atoms with E-state index in [1.807, 2.05) is 0 Å². The SMILES string of the molecule is Cc1cccc([Si](C)(C)C)c1[Si](C)(C)C. The van der Waals surface area contributed by atoms with E-state index in [9.17, 15) is 0 Å². The molecule has 84 valence electrons. The molecule has 0 fully saturated rings. The average molecular weight is 237 g/mol. The first-order valence-electron chi connectivity index (χ1n) is 5.74. The van der Waals surface area contributed by atoms with E-state index in [-0.39, 0.29) is 0 Å². The molecule has 0 saturated heterocycles. The number of hydrogen-bond acceptors (Lipinski definition) is 0. The van der Waals surface area contributed by atoms with Gasteiger partial charge in [-0.3, -0.25) is 0 Å². The molecule has 1 aromatic carbocycles. The van der Waals surface area contributed by atoms with Crippen molar-refractivity contribution < 1.29 is 0 Å². The maximum Gasteiger partial charge on any atom is 0.0777 e. The van der Waals surface area contributed by atoms with Crippen molar-refractivity contribution in [2.45, 2.75) is 46.2 Å². The molecule has 0 nitrogen and oxygen atoms in total. The van der Waals surface area contributed by atoms with Gasteiger partial charge in [0.1, 0.15) is 0 Å². The molecule has 2 heteroatoms. The van der Waals surface area contributed by atoms with Gasteiger partial charge < -0.3 is 0 Å². The first-order chi connectivity index (χ1) is 6.64. The summed E-state index contributed by atoms with van der Waals surface area (Å²) in [5.74, 6) is 0. The van der Waals surface area contributed by atoms with E-state index in [1.54, 1.807) is 10.4 Å². The van der Waals surface area contributed by atoms with Gasteiger partial charge in [-0.15, -0.1) is 0 Å². The Hall–Kier alpha value is -0.346. The largest absolute Gasteiger partial charge is 0.0777 e. The van der Waals surface area contributed by atoms with Crippen LogP contribution < -0.4 is 10.4 Å². The van der Waals surface area contributed by atoms with Crippen LogP contribution in [0.15, 0.2) is 18.2 Å². The van der Waals surface area contributed by atoms with Crippen LogP contribution in [-0.2, 0) is 0 Å². The smallest absolute Gasteiger partial charge is 0.0656 e. The summed E-state index contributed by atoms with van der Waals surface area (Å²) in [4.78, 5) is 0. The van der Waals surface area contributed by atoms with Gasteiger partial charge in [-0.1, -0.05) is 73.4 Å². The van der Waals surface area contributed by atoms with Crippen molar-refractivity contribution in [2.24, 2.45) is 0 Å². The first kappa shape index (κ1) is 12.7. The standard InChI is InChI=1S/C13H24Si2/c1-11-9-8-10-12(14(2,3)4)13(11)15(5,6)7/h8-10H,1-7H3. The highest BCUT2D eigenvalue weighted by atomic mass is 28.3. The second-order valence-corrected chi connectivity index (χ2v) is 16.5. The molecular formula is C13H24Si2. The summed E-state index contributed by atoms with van der Waals surface area (Å²) in [7, 11) is -2.38. The summed E-state index contributed by atoms with van der Waals surface area (Å²) in [6, 6.07) is 6.87. The third-order valence-corrected chi connectivity index (χ3v) is 7.28. The first-order valence-corrected chi connectivity index (χ1v) is 12.7. The quantitative estimate of drug-likeness (QED) is 0.692. The van der Waals surface area contributed by atoms with Crippen molar-refractivity contribution in [3.63, 3.8) is 0 Å². The van der Waals surface area contributed by atoms with Crippen molar-refractivity contribution in [1.29, 1.82) is 0 Å². The van der Waals surface area contributed by atoms with Crippen molar-refractivity contribution in [2.75, 3.05) is 0 Å². The predicted octanol–water partition coefficient (Wildman–Crippen LogP) is 3.09. The zero-order valence-corrected chi connectivity index (χ0v) is 13.2. The summed E-state index contributed by atoms with van der Waals surface area (Å²) in [6.45, 7) is 17.0. The highest BCUT2D eigenvalue weighted by Gasteiger charge is 2.28. The van der Waals surface area contributed by atoms with Crippen molar-refractivity contribution in [3.05, 3.63) is 23.8 Å². The van der Waals surface area contributed by atoms with Crippen LogP contribution in [0.5, 0.6) is 0 Å². The molecule has 0 N–H and O–H groups in total. The molecule has 0 bridgehead atoms. The Morgan fingerprint density at radius 1 is 0.800 bits per heavy atom. The fraction of sp³-hybridized carbons (Fsp3) is 0.538. The van der Waals surface area contributed by atoms with Gasteiger partial charge in [-0.2, -0.15) is 0 Å². The fourth-order valence-corrected chi connectivity index (χ4v) is 8.24. The topological polar surface area (TPSA) is 0 Å². The van der Waals surface area contributed by atoms with Crippen LogP contribution in [0.3, 0.4) is 0 Å². The minimum absolute atomic E-state index is 1.18. The zero-order valence-electron chi connectivity index (χ0n) is 11.2. The molecule has 0 heterocycles. The van der Waals surface area contributed by atoms with Gasteiger partial charge in [0.2, 0.25) is 0 Å². The minimum atomic E-state index is -1.20. The zero-order chi connectivity index (χ0) is 11.9. The lowest BCUT2D eigenvalue weighted by Crippen LogP contribution is -2.57. The molecule has 0 atom stereocenters. The molecule has 15 heavy (non-hydrogen) atoms. The molecule has 0 saturated carbocycles. The molecule has 0 spiro atoms. The van der Waals surface area contributed by atoms with Crippen LogP contribution in [0.25, 0.3) is 0 Å². The second kappa shape index (κ2) is 3.91. The van der Waals surface area contributed by atoms with Crippen molar-refractivity contribution in [3.8, 4) is 0 Å². The van der Waals surface area contributed by atoms with Gasteiger partial charge in [-0.05, 0) is 6.92 Å². The van der Waals surface area contributed by atoms with Gasteiger partial charge in [0.15, 0.2) is 0 Å². The van der Waals surface area contributed by atoms with Gasteiger partial charge in [0, 0.05) is 0 Å². The monoisotopic (exact) mass is 236 g/mol. The maximum absolute atomic E-state index is 2.46. The van der Waals surface area contributed by atoms with E-state index < -0.39 is 16.1 Å². The fourth-order valence-electron chi connectivity index (χ4n) is 2.29. The van der Waals surface area contributed by atoms with Crippen molar-refractivity contribution >= 4 is 26.5 Å². The number of rotatable bonds is 2. The second-order valence-electron chi connectivity index (χ2n) is 6.50. The Labute approximate surface area is 96.7 Å². The lowest BCUT2D eigenvalue weighted by molar-refractivity contribution is 1.50. The van der Waals surface area contributed by atoms with Gasteiger partial charge >= 0.3 is 0 Å².